The maximum absolute atomic E-state index is 15.3. The van der Waals surface area contributed by atoms with Crippen LogP contribution < -0.4 is 81.8 Å². The Labute approximate surface area is 670 Å². The Balaban J connectivity index is 1.04. The number of unbranched alkanes of at least 4 members (excludes halogenated alkanes) is 3. The molecule has 0 unspecified atom stereocenters. The van der Waals surface area contributed by atoms with Crippen LogP contribution in [0.4, 0.5) is 0 Å². The molecule has 6 aromatic carbocycles. The zero-order valence-corrected chi connectivity index (χ0v) is 65.7. The van der Waals surface area contributed by atoms with Gasteiger partial charge in [0.25, 0.3) is 5.91 Å². The van der Waals surface area contributed by atoms with Crippen molar-refractivity contribution in [3.8, 4) is 11.5 Å². The van der Waals surface area contributed by atoms with E-state index in [0.717, 1.165) is 0 Å². The number of fused-ring (bicyclic) bond motifs is 6. The lowest BCUT2D eigenvalue weighted by atomic mass is 9.71. The fourth-order valence-corrected chi connectivity index (χ4v) is 14.4. The van der Waals surface area contributed by atoms with Crippen molar-refractivity contribution in [1.82, 2.24) is 53.2 Å². The summed E-state index contributed by atoms with van der Waals surface area (Å²) in [7, 11) is 0. The highest BCUT2D eigenvalue weighted by Crippen LogP contribution is 2.53. The highest BCUT2D eigenvalue weighted by Gasteiger charge is 2.53. The van der Waals surface area contributed by atoms with E-state index in [4.69, 9.17) is 38.8 Å². The van der Waals surface area contributed by atoms with Crippen molar-refractivity contribution in [2.24, 2.45) is 40.5 Å². The van der Waals surface area contributed by atoms with Crippen molar-refractivity contribution in [3.05, 3.63) is 201 Å². The smallest absolute Gasteiger partial charge is 0.340 e. The van der Waals surface area contributed by atoms with E-state index < -0.39 is 125 Å². The normalized spacial score (nSPS) is 14.7. The number of rotatable bonds is 45. The Bertz CT molecular complexity index is 4310. The van der Waals surface area contributed by atoms with Gasteiger partial charge in [-0.3, -0.25) is 53.4 Å². The fourth-order valence-electron chi connectivity index (χ4n) is 14.4. The van der Waals surface area contributed by atoms with Gasteiger partial charge in [-0.2, -0.15) is 0 Å². The van der Waals surface area contributed by atoms with E-state index in [0.29, 0.717) is 89.5 Å². The largest absolute Gasteiger partial charge is 0.508 e. The molecule has 30 heteroatoms. The summed E-state index contributed by atoms with van der Waals surface area (Å²) in [6, 6.07) is 28.3. The fraction of sp³-hybridized carbons (Fsp3) is 0.435. The van der Waals surface area contributed by atoms with Crippen LogP contribution in [0, 0.1) is 17.2 Å². The van der Waals surface area contributed by atoms with Gasteiger partial charge < -0.3 is 96.8 Å². The van der Waals surface area contributed by atoms with Crippen molar-refractivity contribution in [1.29, 1.82) is 5.41 Å². The van der Waals surface area contributed by atoms with Crippen LogP contribution in [0.3, 0.4) is 0 Å². The van der Waals surface area contributed by atoms with Crippen LogP contribution in [0.1, 0.15) is 176 Å². The topological polar surface area (TPSA) is 512 Å². The SMILES string of the molecule is CC(C)C[C@H](NC(=O)[C@H](CC(C)C)NC(=O)[C@H](CCCCN)NC(=O)[C@H](CCCNC(=N)N)NC(=O)[C@H](Cc1ccccc1)NC(=O)[C@H](Cc1ccccc1)NC(=O)[C@H](CCCCN)NC(=O)[C@H](CCCCN)NC(=O)[C@H](Cc1ccccc1)NC(=O)c1ccc2c(c1)C(=O)OC21c2ccc(O)cc2Cc2cc(O)ccc21)C(N)=O. The summed E-state index contributed by atoms with van der Waals surface area (Å²) in [5, 5.41) is 56.9. The maximum Gasteiger partial charge on any atom is 0.340 e. The van der Waals surface area contributed by atoms with E-state index in [1.54, 1.807) is 121 Å². The Morgan fingerprint density at radius 2 is 0.757 bits per heavy atom. The number of phenols is 2. The van der Waals surface area contributed by atoms with Crippen molar-refractivity contribution in [2.75, 3.05) is 26.2 Å². The zero-order chi connectivity index (χ0) is 83.3. The Morgan fingerprint density at radius 1 is 0.417 bits per heavy atom. The number of primary amides is 1. The lowest BCUT2D eigenvalue weighted by Gasteiger charge is -2.37. The van der Waals surface area contributed by atoms with E-state index in [1.807, 2.05) is 27.7 Å². The van der Waals surface area contributed by atoms with Gasteiger partial charge in [-0.15, -0.1) is 0 Å². The predicted octanol–water partition coefficient (Wildman–Crippen LogP) is 3.40. The molecule has 0 saturated heterocycles. The minimum Gasteiger partial charge on any atom is -0.508 e. The van der Waals surface area contributed by atoms with Gasteiger partial charge in [0, 0.05) is 48.1 Å². The van der Waals surface area contributed by atoms with Crippen LogP contribution in [-0.2, 0) is 79.2 Å². The number of esters is 1. The molecule has 9 atom stereocenters. The van der Waals surface area contributed by atoms with Gasteiger partial charge >= 0.3 is 5.97 Å². The van der Waals surface area contributed by atoms with Gasteiger partial charge in [0.2, 0.25) is 53.2 Å². The van der Waals surface area contributed by atoms with Crippen LogP contribution in [-0.4, -0.2) is 162 Å². The molecule has 616 valence electrons. The number of carbonyl (C=O) groups excluding carboxylic acids is 11. The summed E-state index contributed by atoms with van der Waals surface area (Å²) in [4.78, 5) is 160. The van der Waals surface area contributed by atoms with Crippen LogP contribution in [0.15, 0.2) is 146 Å². The summed E-state index contributed by atoms with van der Waals surface area (Å²) in [6.45, 7) is 8.21. The molecule has 0 saturated carbocycles. The second-order valence-corrected chi connectivity index (χ2v) is 30.3. The number of amides is 10. The van der Waals surface area contributed by atoms with Crippen molar-refractivity contribution >= 4 is 71.0 Å². The van der Waals surface area contributed by atoms with E-state index in [-0.39, 0.29) is 131 Å². The lowest BCUT2D eigenvalue weighted by molar-refractivity contribution is -0.136. The third-order valence-electron chi connectivity index (χ3n) is 20.2. The molecule has 0 aromatic heterocycles. The highest BCUT2D eigenvalue weighted by atomic mass is 16.6. The van der Waals surface area contributed by atoms with Gasteiger partial charge in [0.05, 0.1) is 5.56 Å². The first-order chi connectivity index (χ1) is 55.1. The lowest BCUT2D eigenvalue weighted by Crippen LogP contribution is -2.61. The Morgan fingerprint density at radius 3 is 1.14 bits per heavy atom. The van der Waals surface area contributed by atoms with E-state index >= 15 is 24.0 Å². The number of aromatic hydroxyl groups is 2. The average molecular weight is 1580 g/mol. The van der Waals surface area contributed by atoms with Gasteiger partial charge in [-0.1, -0.05) is 137 Å². The molecular formula is C85H112N16O14. The van der Waals surface area contributed by atoms with Crippen LogP contribution in [0.25, 0.3) is 0 Å². The van der Waals surface area contributed by atoms with Crippen LogP contribution in [0.2, 0.25) is 0 Å². The van der Waals surface area contributed by atoms with E-state index in [2.05, 4.69) is 53.2 Å². The standard InChI is InChI=1S/C85H112N16O14/c1-50(2)41-68(73(89)104)97-79(110)69(42-51(3)4)99-77(108)65(28-15-18-38-87)94-76(107)67(30-20-40-92-84(90)91)96-81(112)71(44-53-23-10-6-11-24-53)101-82(113)72(45-54-25-12-7-13-26-54)100-78(109)66(29-16-19-39-88)93-75(106)64(27-14-17-37-86)95-80(111)70(43-52-21-8-5-9-22-52)98-74(105)55-31-34-63-60(49-55)83(114)115-85(63)61-35-32-58(102)47-56(61)46-57-48-59(103)33-36-62(57)85/h5-13,21-26,31-36,47-51,64-72,102-103H,14-20,27-30,37-46,86-88H2,1-4H3,(H2,89,104)(H,93,106)(H,94,107)(H,95,111)(H,96,112)(H,97,110)(H,98,105)(H,99,108)(H,100,109)(H,101,113)(H4,90,91,92)/t64-,65-,66-,67-,68-,69-,70-,71-,72-/m0/s1. The first-order valence-electron chi connectivity index (χ1n) is 39.5. The Kier molecular flexibility index (Phi) is 33.6. The molecule has 6 aromatic rings. The monoisotopic (exact) mass is 1580 g/mol. The average Bonchev–Trinajstić information content (AvgIpc) is 1.59. The first kappa shape index (κ1) is 88.8. The number of carbonyl (C=O) groups is 11. The van der Waals surface area contributed by atoms with E-state index in [1.165, 1.54) is 24.3 Å². The second-order valence-electron chi connectivity index (χ2n) is 30.3. The van der Waals surface area contributed by atoms with Gasteiger partial charge in [0.1, 0.15) is 65.9 Å². The molecular weight excluding hydrogens is 1470 g/mol. The van der Waals surface area contributed by atoms with Crippen LogP contribution in [0.5, 0.6) is 11.5 Å². The molecule has 30 nitrogen and oxygen atoms in total. The van der Waals surface area contributed by atoms with Gasteiger partial charge in [0.15, 0.2) is 11.6 Å². The quantitative estimate of drug-likeness (QED) is 0.0113. The summed E-state index contributed by atoms with van der Waals surface area (Å²) < 4.78 is 6.33. The highest BCUT2D eigenvalue weighted by molar-refractivity contribution is 6.04. The molecule has 1 aliphatic heterocycles. The molecule has 23 N–H and O–H groups in total. The van der Waals surface area contributed by atoms with Gasteiger partial charge in [-0.25, -0.2) is 4.79 Å². The minimum atomic E-state index is -1.51. The summed E-state index contributed by atoms with van der Waals surface area (Å²) in [5.41, 5.74) is 32.4. The van der Waals surface area contributed by atoms with Crippen molar-refractivity contribution in [2.45, 2.75) is 197 Å². The molecule has 1 heterocycles. The number of nitrogens with one attached hydrogen (secondary N) is 11. The molecule has 10 amide bonds. The summed E-state index contributed by atoms with van der Waals surface area (Å²) in [6.07, 6.45) is 2.75. The number of ether oxygens (including phenoxy) is 1. The predicted molar refractivity (Wildman–Crippen MR) is 434 cm³/mol. The van der Waals surface area contributed by atoms with Gasteiger partial charge in [-0.05, 0) is 186 Å². The number of nitrogens with two attached hydrogens (primary N) is 5. The molecule has 0 radical (unpaired) electrons. The summed E-state index contributed by atoms with van der Waals surface area (Å²) in [5.74, 6) is -9.06. The number of benzene rings is 6. The molecule has 115 heavy (non-hydrogen) atoms. The number of hydrogen-bond donors (Lipinski definition) is 18. The molecule has 0 fully saturated rings. The molecule has 2 aliphatic rings. The molecule has 8 rings (SSSR count). The molecule has 1 spiro atoms. The zero-order valence-electron chi connectivity index (χ0n) is 65.7. The Hall–Kier alpha value is -11.8. The van der Waals surface area contributed by atoms with Crippen molar-refractivity contribution in [3.63, 3.8) is 0 Å². The first-order valence-corrected chi connectivity index (χ1v) is 39.5. The van der Waals surface area contributed by atoms with Crippen LogP contribution >= 0.6 is 0 Å². The molecule has 0 bridgehead atoms. The third kappa shape index (κ3) is 25.6. The number of hydrogen-bond acceptors (Lipinski definition) is 18. The minimum absolute atomic E-state index is 0.00408. The summed E-state index contributed by atoms with van der Waals surface area (Å²) >= 11 is 0. The number of guanidine groups is 1. The van der Waals surface area contributed by atoms with Crippen molar-refractivity contribution < 1.29 is 67.7 Å². The third-order valence-corrected chi connectivity index (χ3v) is 20.2. The van der Waals surface area contributed by atoms with E-state index in [9.17, 15) is 39.0 Å². The molecule has 1 aliphatic carbocycles. The maximum atomic E-state index is 15.3. The second kappa shape index (κ2) is 43.5. The number of phenolic OH excluding ortho intramolecular Hbond substituents is 2.